The maximum Gasteiger partial charge on any atom is 0.219 e. The second-order valence-corrected chi connectivity index (χ2v) is 4.62. The molecule has 0 spiro atoms. The van der Waals surface area contributed by atoms with Crippen LogP contribution < -0.4 is 16.0 Å². The Labute approximate surface area is 110 Å². The van der Waals surface area contributed by atoms with Gasteiger partial charge >= 0.3 is 0 Å². The molecule has 0 aliphatic carbocycles. The van der Waals surface area contributed by atoms with Gasteiger partial charge in [-0.15, -0.1) is 0 Å². The molecule has 3 N–H and O–H groups in total. The van der Waals surface area contributed by atoms with Crippen molar-refractivity contribution in [2.45, 2.75) is 52.5 Å². The first-order chi connectivity index (χ1) is 8.16. The van der Waals surface area contributed by atoms with Crippen LogP contribution in [0.5, 0.6) is 0 Å². The Morgan fingerprint density at radius 2 is 1.88 bits per heavy atom. The number of hydrogen-bond acceptors (Lipinski definition) is 3. The second kappa shape index (κ2) is 11.9. The molecule has 0 aromatic rings. The van der Waals surface area contributed by atoms with Crippen molar-refractivity contribution in [1.82, 2.24) is 16.0 Å². The maximum atomic E-state index is 11.4. The van der Waals surface area contributed by atoms with E-state index in [1.54, 1.807) is 0 Å². The molecular weight excluding hydrogens is 214 g/mol. The van der Waals surface area contributed by atoms with Crippen LogP contribution in [0.25, 0.3) is 0 Å². The van der Waals surface area contributed by atoms with Gasteiger partial charge in [-0.1, -0.05) is 20.8 Å². The molecule has 0 aliphatic heterocycles. The fraction of sp³-hybridized carbons (Fsp3) is 0.923. The molecule has 0 radical (unpaired) electrons. The van der Waals surface area contributed by atoms with Gasteiger partial charge in [-0.05, 0) is 38.9 Å². The average molecular weight is 249 g/mol. The third kappa shape index (κ3) is 13.3. The van der Waals surface area contributed by atoms with Crippen LogP contribution >= 0.6 is 0 Å². The van der Waals surface area contributed by atoms with Gasteiger partial charge in [0.2, 0.25) is 5.91 Å². The Morgan fingerprint density at radius 1 is 1.12 bits per heavy atom. The van der Waals surface area contributed by atoms with Crippen LogP contribution in [-0.2, 0) is 4.79 Å². The van der Waals surface area contributed by atoms with Crippen LogP contribution in [0.4, 0.5) is 0 Å². The smallest absolute Gasteiger partial charge is 0.219 e. The summed E-state index contributed by atoms with van der Waals surface area (Å²) in [5.74, 6) is 0.186. The van der Waals surface area contributed by atoms with Gasteiger partial charge < -0.3 is 16.0 Å². The summed E-state index contributed by atoms with van der Waals surface area (Å²) in [5, 5.41) is 9.52. The number of carbonyl (C=O) groups is 1. The monoisotopic (exact) mass is 249 g/mol. The lowest BCUT2D eigenvalue weighted by molar-refractivity contribution is -0.121. The normalized spacial score (nSPS) is 10.8. The van der Waals surface area contributed by atoms with Crippen molar-refractivity contribution < 1.29 is 9.07 Å². The molecule has 108 valence electrons. The van der Waals surface area contributed by atoms with Crippen LogP contribution in [0.3, 0.4) is 0 Å². The lowest BCUT2D eigenvalue weighted by atomic mass is 10.2. The van der Waals surface area contributed by atoms with Crippen molar-refractivity contribution in [2.24, 2.45) is 0 Å². The van der Waals surface area contributed by atoms with E-state index in [2.05, 4.69) is 36.7 Å². The van der Waals surface area contributed by atoms with E-state index < -0.39 is 0 Å². The Kier molecular flexibility index (Phi) is 11.4. The van der Waals surface area contributed by atoms with Gasteiger partial charge in [0.05, 0.1) is 0 Å². The summed E-state index contributed by atoms with van der Waals surface area (Å²) in [5.41, 5.74) is 0. The lowest BCUT2D eigenvalue weighted by Gasteiger charge is -2.08. The molecule has 0 heterocycles. The topological polar surface area (TPSA) is 53.2 Å². The first kappa shape index (κ1) is 16.4. The predicted octanol–water partition coefficient (Wildman–Crippen LogP) is 2.01. The van der Waals surface area contributed by atoms with Crippen molar-refractivity contribution in [3.63, 3.8) is 0 Å². The SMILES string of the molecule is CCNCCCNC(=O)CCCCNC(C)C.[HH].[HH].[HH]. The van der Waals surface area contributed by atoms with Crippen LogP contribution in [0, 0.1) is 0 Å². The Hall–Kier alpha value is -0.610. The molecule has 0 saturated heterocycles. The lowest BCUT2D eigenvalue weighted by Crippen LogP contribution is -2.27. The summed E-state index contributed by atoms with van der Waals surface area (Å²) < 4.78 is 0. The van der Waals surface area contributed by atoms with Crippen molar-refractivity contribution >= 4 is 5.91 Å². The Morgan fingerprint density at radius 3 is 2.53 bits per heavy atom. The molecule has 0 saturated carbocycles. The van der Waals surface area contributed by atoms with E-state index in [0.29, 0.717) is 12.5 Å². The quantitative estimate of drug-likeness (QED) is 0.491. The molecule has 0 aliphatic rings. The summed E-state index contributed by atoms with van der Waals surface area (Å²) in [4.78, 5) is 11.4. The van der Waals surface area contributed by atoms with Gasteiger partial charge in [0.25, 0.3) is 0 Å². The number of nitrogens with one attached hydrogen (secondary N) is 3. The van der Waals surface area contributed by atoms with Crippen LogP contribution in [-0.4, -0.2) is 38.1 Å². The van der Waals surface area contributed by atoms with Gasteiger partial charge in [0.15, 0.2) is 0 Å². The molecule has 0 bridgehead atoms. The molecule has 0 unspecified atom stereocenters. The van der Waals surface area contributed by atoms with Crippen LogP contribution in [0.1, 0.15) is 50.7 Å². The van der Waals surface area contributed by atoms with E-state index in [0.717, 1.165) is 45.4 Å². The highest BCUT2D eigenvalue weighted by molar-refractivity contribution is 5.75. The third-order valence-electron chi connectivity index (χ3n) is 2.49. The number of carbonyl (C=O) groups excluding carboxylic acids is 1. The molecule has 17 heavy (non-hydrogen) atoms. The predicted molar refractivity (Wildman–Crippen MR) is 79.5 cm³/mol. The number of unbranched alkanes of at least 4 members (excludes halogenated alkanes) is 1. The zero-order chi connectivity index (χ0) is 12.9. The van der Waals surface area contributed by atoms with E-state index in [-0.39, 0.29) is 10.2 Å². The van der Waals surface area contributed by atoms with Gasteiger partial charge in [-0.25, -0.2) is 0 Å². The molecule has 0 atom stereocenters. The molecule has 0 aromatic carbocycles. The maximum absolute atomic E-state index is 11.4. The largest absolute Gasteiger partial charge is 0.356 e. The molecule has 4 heteroatoms. The van der Waals surface area contributed by atoms with Crippen molar-refractivity contribution in [3.8, 4) is 0 Å². The number of hydrogen-bond donors (Lipinski definition) is 3. The van der Waals surface area contributed by atoms with Gasteiger partial charge in [0, 0.05) is 23.3 Å². The van der Waals surface area contributed by atoms with Gasteiger partial charge in [-0.2, -0.15) is 0 Å². The van der Waals surface area contributed by atoms with Crippen LogP contribution in [0.15, 0.2) is 0 Å². The van der Waals surface area contributed by atoms with E-state index in [1.165, 1.54) is 0 Å². The molecule has 0 aromatic heterocycles. The minimum atomic E-state index is 0. The minimum absolute atomic E-state index is 0. The highest BCUT2D eigenvalue weighted by atomic mass is 16.1. The minimum Gasteiger partial charge on any atom is -0.356 e. The van der Waals surface area contributed by atoms with E-state index in [1.807, 2.05) is 0 Å². The zero-order valence-corrected chi connectivity index (χ0v) is 11.6. The van der Waals surface area contributed by atoms with E-state index in [4.69, 9.17) is 0 Å². The molecular formula is C13H35N3O. The number of amides is 1. The first-order valence-corrected chi connectivity index (χ1v) is 6.87. The average Bonchev–Trinajstić information content (AvgIpc) is 2.28. The summed E-state index contributed by atoms with van der Waals surface area (Å²) in [7, 11) is 0. The fourth-order valence-electron chi connectivity index (χ4n) is 1.51. The Balaban J connectivity index is -0.000000427. The number of rotatable bonds is 11. The van der Waals surface area contributed by atoms with Crippen molar-refractivity contribution in [2.75, 3.05) is 26.2 Å². The summed E-state index contributed by atoms with van der Waals surface area (Å²) in [6, 6.07) is 0.537. The van der Waals surface area contributed by atoms with E-state index >= 15 is 0 Å². The second-order valence-electron chi connectivity index (χ2n) is 4.62. The van der Waals surface area contributed by atoms with Crippen LogP contribution in [0.2, 0.25) is 0 Å². The molecule has 4 nitrogen and oxygen atoms in total. The summed E-state index contributed by atoms with van der Waals surface area (Å²) in [6.07, 6.45) is 3.71. The van der Waals surface area contributed by atoms with Crippen molar-refractivity contribution in [3.05, 3.63) is 0 Å². The third-order valence-corrected chi connectivity index (χ3v) is 2.49. The standard InChI is InChI=1S/C13H29N3O.3H2/c1-4-14-9-7-11-16-13(17)8-5-6-10-15-12(2)3;;;/h12,14-15H,4-11H2,1-3H3,(H,16,17);3*1H. The van der Waals surface area contributed by atoms with Gasteiger partial charge in [-0.3, -0.25) is 4.79 Å². The molecule has 1 amide bonds. The van der Waals surface area contributed by atoms with Gasteiger partial charge in [0.1, 0.15) is 0 Å². The fourth-order valence-corrected chi connectivity index (χ4v) is 1.51. The highest BCUT2D eigenvalue weighted by Gasteiger charge is 2.00. The highest BCUT2D eigenvalue weighted by Crippen LogP contribution is 1.94. The Bertz CT molecular complexity index is 196. The molecule has 0 fully saturated rings. The zero-order valence-electron chi connectivity index (χ0n) is 11.6. The van der Waals surface area contributed by atoms with E-state index in [9.17, 15) is 4.79 Å². The summed E-state index contributed by atoms with van der Waals surface area (Å²) in [6.45, 7) is 10.1. The summed E-state index contributed by atoms with van der Waals surface area (Å²) >= 11 is 0. The van der Waals surface area contributed by atoms with Crippen molar-refractivity contribution in [1.29, 1.82) is 0 Å². The molecule has 0 rings (SSSR count). The first-order valence-electron chi connectivity index (χ1n) is 6.87.